The second kappa shape index (κ2) is 6.59. The van der Waals surface area contributed by atoms with E-state index in [9.17, 15) is 9.59 Å². The molecule has 8 heteroatoms. The van der Waals surface area contributed by atoms with Crippen LogP contribution in [0.25, 0.3) is 0 Å². The van der Waals surface area contributed by atoms with Crippen LogP contribution in [0.3, 0.4) is 0 Å². The monoisotopic (exact) mass is 366 g/mol. The lowest BCUT2D eigenvalue weighted by Gasteiger charge is -2.20. The molecule has 124 valence electrons. The normalized spacial score (nSPS) is 12.7. The molecule has 2 aromatic carbocycles. The van der Waals surface area contributed by atoms with Crippen molar-refractivity contribution < 1.29 is 19.1 Å². The first kappa shape index (κ1) is 16.4. The third-order valence-electron chi connectivity index (χ3n) is 3.36. The molecule has 0 aromatic heterocycles. The summed E-state index contributed by atoms with van der Waals surface area (Å²) in [5, 5.41) is 5.99. The highest BCUT2D eigenvalue weighted by atomic mass is 35.5. The van der Waals surface area contributed by atoms with E-state index >= 15 is 0 Å². The molecule has 0 unspecified atom stereocenters. The quantitative estimate of drug-likeness (QED) is 0.870. The van der Waals surface area contributed by atoms with E-state index in [0.29, 0.717) is 27.9 Å². The van der Waals surface area contributed by atoms with E-state index in [1.165, 1.54) is 19.2 Å². The fourth-order valence-electron chi connectivity index (χ4n) is 2.24. The Morgan fingerprint density at radius 2 is 2.08 bits per heavy atom. The standard InChI is InChI=1S/C16H12Cl2N2O4/c1-23-13-3-2-8(17)4-9(13)16(22)20-11-6-14-12(5-10(11)18)19-15(21)7-24-14/h2-6H,7H2,1H3,(H,19,21)(H,20,22). The number of anilines is 2. The minimum atomic E-state index is -0.434. The number of rotatable bonds is 3. The van der Waals surface area contributed by atoms with E-state index in [0.717, 1.165) is 0 Å². The van der Waals surface area contributed by atoms with Crippen molar-refractivity contribution in [2.24, 2.45) is 0 Å². The molecule has 2 amide bonds. The summed E-state index contributed by atoms with van der Waals surface area (Å²) in [7, 11) is 1.46. The van der Waals surface area contributed by atoms with Crippen LogP contribution in [0.4, 0.5) is 11.4 Å². The highest BCUT2D eigenvalue weighted by Gasteiger charge is 2.20. The van der Waals surface area contributed by atoms with Gasteiger partial charge in [-0.1, -0.05) is 23.2 Å². The first-order valence-electron chi connectivity index (χ1n) is 6.89. The second-order valence-corrected chi connectivity index (χ2v) is 5.81. The van der Waals surface area contributed by atoms with Gasteiger partial charge in [0.25, 0.3) is 11.8 Å². The number of hydrogen-bond acceptors (Lipinski definition) is 4. The van der Waals surface area contributed by atoms with Gasteiger partial charge in [-0.15, -0.1) is 0 Å². The van der Waals surface area contributed by atoms with Crippen molar-refractivity contribution in [3.63, 3.8) is 0 Å². The van der Waals surface area contributed by atoms with Crippen molar-refractivity contribution in [2.45, 2.75) is 0 Å². The van der Waals surface area contributed by atoms with Gasteiger partial charge >= 0.3 is 0 Å². The molecule has 1 heterocycles. The van der Waals surface area contributed by atoms with Gasteiger partial charge in [-0.25, -0.2) is 0 Å². The molecule has 6 nitrogen and oxygen atoms in total. The molecule has 0 aliphatic carbocycles. The molecule has 24 heavy (non-hydrogen) atoms. The summed E-state index contributed by atoms with van der Waals surface area (Å²) in [6, 6.07) is 7.79. The number of methoxy groups -OCH3 is 1. The van der Waals surface area contributed by atoms with E-state index < -0.39 is 5.91 Å². The van der Waals surface area contributed by atoms with Crippen molar-refractivity contribution in [3.05, 3.63) is 45.9 Å². The Morgan fingerprint density at radius 3 is 2.83 bits per heavy atom. The Morgan fingerprint density at radius 1 is 1.29 bits per heavy atom. The maximum Gasteiger partial charge on any atom is 0.262 e. The van der Waals surface area contributed by atoms with Gasteiger partial charge in [0.2, 0.25) is 0 Å². The highest BCUT2D eigenvalue weighted by molar-refractivity contribution is 6.34. The zero-order valence-electron chi connectivity index (χ0n) is 12.5. The summed E-state index contributed by atoms with van der Waals surface area (Å²) in [6.07, 6.45) is 0. The third kappa shape index (κ3) is 3.25. The number of carbonyl (C=O) groups is 2. The van der Waals surface area contributed by atoms with E-state index in [2.05, 4.69) is 10.6 Å². The Kier molecular flexibility index (Phi) is 4.51. The minimum absolute atomic E-state index is 0.0931. The topological polar surface area (TPSA) is 76.7 Å². The van der Waals surface area contributed by atoms with Crippen molar-refractivity contribution in [2.75, 3.05) is 24.4 Å². The van der Waals surface area contributed by atoms with E-state index in [4.69, 9.17) is 32.7 Å². The van der Waals surface area contributed by atoms with Crippen molar-refractivity contribution >= 4 is 46.4 Å². The van der Waals surface area contributed by atoms with Crippen molar-refractivity contribution in [3.8, 4) is 11.5 Å². The molecule has 1 aliphatic heterocycles. The highest BCUT2D eigenvalue weighted by Crippen LogP contribution is 2.36. The van der Waals surface area contributed by atoms with Gasteiger partial charge in [0, 0.05) is 11.1 Å². The molecular weight excluding hydrogens is 355 g/mol. The van der Waals surface area contributed by atoms with Gasteiger partial charge in [0.05, 0.1) is 29.1 Å². The minimum Gasteiger partial charge on any atom is -0.496 e. The molecule has 2 N–H and O–H groups in total. The van der Waals surface area contributed by atoms with Crippen LogP contribution in [-0.2, 0) is 4.79 Å². The van der Waals surface area contributed by atoms with E-state index in [-0.39, 0.29) is 23.1 Å². The van der Waals surface area contributed by atoms with Crippen molar-refractivity contribution in [1.82, 2.24) is 0 Å². The van der Waals surface area contributed by atoms with Gasteiger partial charge in [0.15, 0.2) is 6.61 Å². The van der Waals surface area contributed by atoms with Crippen LogP contribution in [0.1, 0.15) is 10.4 Å². The SMILES string of the molecule is COc1ccc(Cl)cc1C(=O)Nc1cc2c(cc1Cl)NC(=O)CO2. The van der Waals surface area contributed by atoms with Crippen LogP contribution in [0.15, 0.2) is 30.3 Å². The van der Waals surface area contributed by atoms with Crippen LogP contribution >= 0.6 is 23.2 Å². The lowest BCUT2D eigenvalue weighted by molar-refractivity contribution is -0.118. The second-order valence-electron chi connectivity index (χ2n) is 4.96. The molecule has 0 radical (unpaired) electrons. The summed E-state index contributed by atoms with van der Waals surface area (Å²) in [5.74, 6) is 0.108. The number of halogens is 2. The van der Waals surface area contributed by atoms with Crippen LogP contribution < -0.4 is 20.1 Å². The first-order valence-corrected chi connectivity index (χ1v) is 7.64. The molecule has 0 spiro atoms. The smallest absolute Gasteiger partial charge is 0.262 e. The molecule has 3 rings (SSSR count). The molecule has 0 atom stereocenters. The number of ether oxygens (including phenoxy) is 2. The van der Waals surface area contributed by atoms with Crippen LogP contribution in [0, 0.1) is 0 Å². The number of benzene rings is 2. The number of fused-ring (bicyclic) bond motifs is 1. The lowest BCUT2D eigenvalue weighted by atomic mass is 10.1. The lowest BCUT2D eigenvalue weighted by Crippen LogP contribution is -2.25. The number of carbonyl (C=O) groups excluding carboxylic acids is 2. The Hall–Kier alpha value is -2.44. The molecule has 0 saturated heterocycles. The fourth-order valence-corrected chi connectivity index (χ4v) is 2.63. The number of hydrogen-bond donors (Lipinski definition) is 2. The van der Waals surface area contributed by atoms with E-state index in [1.54, 1.807) is 18.2 Å². The maximum atomic E-state index is 12.5. The fraction of sp³-hybridized carbons (Fsp3) is 0.125. The summed E-state index contributed by atoms with van der Waals surface area (Å²) in [5.41, 5.74) is 1.07. The molecular formula is C16H12Cl2N2O4. The average Bonchev–Trinajstić information content (AvgIpc) is 2.55. The van der Waals surface area contributed by atoms with Gasteiger partial charge in [-0.2, -0.15) is 0 Å². The third-order valence-corrected chi connectivity index (χ3v) is 3.90. The predicted octanol–water partition coefficient (Wildman–Crippen LogP) is 3.59. The summed E-state index contributed by atoms with van der Waals surface area (Å²) in [6.45, 7) is -0.0931. The number of amides is 2. The van der Waals surface area contributed by atoms with Gasteiger partial charge in [0.1, 0.15) is 11.5 Å². The van der Waals surface area contributed by atoms with Gasteiger partial charge in [-0.05, 0) is 24.3 Å². The van der Waals surface area contributed by atoms with Crippen LogP contribution in [0.5, 0.6) is 11.5 Å². The largest absolute Gasteiger partial charge is 0.496 e. The van der Waals surface area contributed by atoms with Gasteiger partial charge < -0.3 is 20.1 Å². The van der Waals surface area contributed by atoms with Crippen molar-refractivity contribution in [1.29, 1.82) is 0 Å². The van der Waals surface area contributed by atoms with Gasteiger partial charge in [-0.3, -0.25) is 9.59 Å². The predicted molar refractivity (Wildman–Crippen MR) is 91.5 cm³/mol. The van der Waals surface area contributed by atoms with Crippen LogP contribution in [0.2, 0.25) is 10.0 Å². The molecule has 0 bridgehead atoms. The molecule has 0 saturated carbocycles. The zero-order valence-corrected chi connectivity index (χ0v) is 14.0. The molecule has 1 aliphatic rings. The van der Waals surface area contributed by atoms with E-state index in [1.807, 2.05) is 0 Å². The Balaban J connectivity index is 1.90. The van der Waals surface area contributed by atoms with Crippen LogP contribution in [-0.4, -0.2) is 25.5 Å². The average molecular weight is 367 g/mol. The molecule has 2 aromatic rings. The summed E-state index contributed by atoms with van der Waals surface area (Å²) in [4.78, 5) is 23.8. The zero-order chi connectivity index (χ0) is 17.3. The first-order chi connectivity index (χ1) is 11.5. The number of nitrogens with one attached hydrogen (secondary N) is 2. The Bertz CT molecular complexity index is 839. The molecule has 0 fully saturated rings. The summed E-state index contributed by atoms with van der Waals surface area (Å²) < 4.78 is 10.5. The Labute approximate surface area is 147 Å². The summed E-state index contributed by atoms with van der Waals surface area (Å²) >= 11 is 12.1. The maximum absolute atomic E-state index is 12.5.